The molecule has 3 rings (SSSR count). The molecule has 0 unspecified atom stereocenters. The van der Waals surface area contributed by atoms with Gasteiger partial charge in [-0.15, -0.1) is 11.3 Å². The molecule has 2 N–H and O–H groups in total. The first kappa shape index (κ1) is 16.4. The third-order valence-electron chi connectivity index (χ3n) is 3.36. The van der Waals surface area contributed by atoms with E-state index in [1.807, 2.05) is 29.0 Å². The fraction of sp³-hybridized carbons (Fsp3) is 0.118. The Morgan fingerprint density at radius 3 is 2.58 bits per heavy atom. The van der Waals surface area contributed by atoms with Crippen LogP contribution < -0.4 is 10.6 Å². The molecule has 0 aliphatic carbocycles. The summed E-state index contributed by atoms with van der Waals surface area (Å²) >= 11 is 3.05. The number of thiophene rings is 1. The number of carbonyl (C=O) groups is 2. The van der Waals surface area contributed by atoms with Crippen LogP contribution in [-0.2, 0) is 11.2 Å². The lowest BCUT2D eigenvalue weighted by atomic mass is 10.1. The number of carbonyl (C=O) groups excluding carboxylic acids is 2. The van der Waals surface area contributed by atoms with Gasteiger partial charge in [0.25, 0.3) is 5.91 Å². The van der Waals surface area contributed by atoms with Crippen LogP contribution in [0.3, 0.4) is 0 Å². The van der Waals surface area contributed by atoms with E-state index in [9.17, 15) is 9.59 Å². The number of nitrogens with one attached hydrogen (secondary N) is 2. The zero-order valence-corrected chi connectivity index (χ0v) is 14.5. The molecule has 122 valence electrons. The van der Waals surface area contributed by atoms with Crippen molar-refractivity contribution in [3.63, 3.8) is 0 Å². The minimum absolute atomic E-state index is 0.0461. The SMILES string of the molecule is CNC(=O)Cc1ccc(NC(=O)c2csc(-c3ccsc3)n2)cc1. The van der Waals surface area contributed by atoms with E-state index in [-0.39, 0.29) is 11.8 Å². The first-order valence-corrected chi connectivity index (χ1v) is 9.07. The monoisotopic (exact) mass is 357 g/mol. The van der Waals surface area contributed by atoms with E-state index in [1.165, 1.54) is 11.3 Å². The molecule has 2 heterocycles. The molecule has 3 aromatic rings. The van der Waals surface area contributed by atoms with Crippen LogP contribution in [0.2, 0.25) is 0 Å². The number of anilines is 1. The maximum Gasteiger partial charge on any atom is 0.275 e. The van der Waals surface area contributed by atoms with E-state index in [2.05, 4.69) is 15.6 Å². The summed E-state index contributed by atoms with van der Waals surface area (Å²) in [4.78, 5) is 28.0. The van der Waals surface area contributed by atoms with Crippen molar-refractivity contribution in [3.05, 3.63) is 57.7 Å². The van der Waals surface area contributed by atoms with Crippen molar-refractivity contribution in [2.24, 2.45) is 0 Å². The quantitative estimate of drug-likeness (QED) is 0.735. The average molecular weight is 357 g/mol. The molecule has 2 aromatic heterocycles. The predicted octanol–water partition coefficient (Wildman–Crippen LogP) is 3.41. The molecule has 24 heavy (non-hydrogen) atoms. The molecular formula is C17H15N3O2S2. The van der Waals surface area contributed by atoms with Crippen LogP contribution in [-0.4, -0.2) is 23.8 Å². The highest BCUT2D eigenvalue weighted by molar-refractivity contribution is 7.14. The van der Waals surface area contributed by atoms with Crippen molar-refractivity contribution in [2.75, 3.05) is 12.4 Å². The summed E-state index contributed by atoms with van der Waals surface area (Å²) in [6.07, 6.45) is 0.320. The van der Waals surface area contributed by atoms with Gasteiger partial charge in [-0.25, -0.2) is 4.98 Å². The topological polar surface area (TPSA) is 71.1 Å². The zero-order valence-electron chi connectivity index (χ0n) is 12.9. The molecule has 0 saturated carbocycles. The van der Waals surface area contributed by atoms with Gasteiger partial charge in [-0.3, -0.25) is 9.59 Å². The van der Waals surface area contributed by atoms with Crippen LogP contribution in [0.5, 0.6) is 0 Å². The molecule has 2 amide bonds. The van der Waals surface area contributed by atoms with E-state index < -0.39 is 0 Å². The standard InChI is InChI=1S/C17H15N3O2S2/c1-18-15(21)8-11-2-4-13(5-3-11)19-16(22)14-10-24-17(20-14)12-6-7-23-9-12/h2-7,9-10H,8H2,1H3,(H,18,21)(H,19,22). The molecule has 0 saturated heterocycles. The first-order chi connectivity index (χ1) is 11.7. The predicted molar refractivity (Wildman–Crippen MR) is 97.6 cm³/mol. The molecule has 7 heteroatoms. The number of amides is 2. The van der Waals surface area contributed by atoms with Gasteiger partial charge in [-0.1, -0.05) is 12.1 Å². The van der Waals surface area contributed by atoms with Crippen molar-refractivity contribution in [2.45, 2.75) is 6.42 Å². The van der Waals surface area contributed by atoms with Crippen LogP contribution >= 0.6 is 22.7 Å². The highest BCUT2D eigenvalue weighted by Crippen LogP contribution is 2.26. The highest BCUT2D eigenvalue weighted by atomic mass is 32.1. The molecular weight excluding hydrogens is 342 g/mol. The molecule has 0 aliphatic heterocycles. The maximum atomic E-state index is 12.3. The summed E-state index contributed by atoms with van der Waals surface area (Å²) in [5.74, 6) is -0.290. The lowest BCUT2D eigenvalue weighted by Gasteiger charge is -2.05. The smallest absolute Gasteiger partial charge is 0.275 e. The van der Waals surface area contributed by atoms with Gasteiger partial charge in [0, 0.05) is 29.1 Å². The molecule has 0 spiro atoms. The maximum absolute atomic E-state index is 12.3. The number of aromatic nitrogens is 1. The normalized spacial score (nSPS) is 10.4. The summed E-state index contributed by atoms with van der Waals surface area (Å²) in [5.41, 5.74) is 2.99. The number of likely N-dealkylation sites (N-methyl/N-ethyl adjacent to an activating group) is 1. The summed E-state index contributed by atoms with van der Waals surface area (Å²) in [6, 6.07) is 9.19. The molecule has 0 aliphatic rings. The minimum atomic E-state index is -0.244. The molecule has 1 aromatic carbocycles. The van der Waals surface area contributed by atoms with E-state index in [1.54, 1.807) is 35.9 Å². The van der Waals surface area contributed by atoms with Gasteiger partial charge in [0.05, 0.1) is 6.42 Å². The Kier molecular flexibility index (Phi) is 5.02. The van der Waals surface area contributed by atoms with E-state index in [0.29, 0.717) is 17.8 Å². The van der Waals surface area contributed by atoms with Crippen molar-refractivity contribution in [1.82, 2.24) is 10.3 Å². The zero-order chi connectivity index (χ0) is 16.9. The molecule has 0 fully saturated rings. The second-order valence-corrected chi connectivity index (χ2v) is 6.69. The van der Waals surface area contributed by atoms with E-state index in [0.717, 1.165) is 16.1 Å². The van der Waals surface area contributed by atoms with Crippen LogP contribution in [0.25, 0.3) is 10.6 Å². The van der Waals surface area contributed by atoms with Crippen LogP contribution in [0.1, 0.15) is 16.1 Å². The summed E-state index contributed by atoms with van der Waals surface area (Å²) in [7, 11) is 1.61. The van der Waals surface area contributed by atoms with Crippen molar-refractivity contribution in [3.8, 4) is 10.6 Å². The number of hydrogen-bond acceptors (Lipinski definition) is 5. The summed E-state index contributed by atoms with van der Waals surface area (Å²) in [6.45, 7) is 0. The van der Waals surface area contributed by atoms with E-state index in [4.69, 9.17) is 0 Å². The van der Waals surface area contributed by atoms with Gasteiger partial charge in [0.2, 0.25) is 5.91 Å². The Bertz CT molecular complexity index is 839. The third-order valence-corrected chi connectivity index (χ3v) is 4.93. The van der Waals surface area contributed by atoms with Gasteiger partial charge < -0.3 is 10.6 Å². The van der Waals surface area contributed by atoms with Gasteiger partial charge in [0.15, 0.2) is 0 Å². The van der Waals surface area contributed by atoms with Gasteiger partial charge >= 0.3 is 0 Å². The summed E-state index contributed by atoms with van der Waals surface area (Å²) in [5, 5.41) is 12.0. The Morgan fingerprint density at radius 2 is 1.92 bits per heavy atom. The van der Waals surface area contributed by atoms with Crippen molar-refractivity contribution >= 4 is 40.2 Å². The van der Waals surface area contributed by atoms with Crippen LogP contribution in [0, 0.1) is 0 Å². The Morgan fingerprint density at radius 1 is 1.12 bits per heavy atom. The van der Waals surface area contributed by atoms with Gasteiger partial charge in [-0.05, 0) is 29.1 Å². The average Bonchev–Trinajstić information content (AvgIpc) is 3.27. The lowest BCUT2D eigenvalue weighted by molar-refractivity contribution is -0.119. The number of nitrogens with zero attached hydrogens (tertiary/aromatic N) is 1. The minimum Gasteiger partial charge on any atom is -0.359 e. The molecule has 0 atom stereocenters. The van der Waals surface area contributed by atoms with Crippen LogP contribution in [0.15, 0.2) is 46.5 Å². The Hall–Kier alpha value is -2.51. The van der Waals surface area contributed by atoms with Crippen LogP contribution in [0.4, 0.5) is 5.69 Å². The number of thiazole rings is 1. The van der Waals surface area contributed by atoms with Gasteiger partial charge in [-0.2, -0.15) is 11.3 Å². The number of rotatable bonds is 5. The fourth-order valence-corrected chi connectivity index (χ4v) is 3.58. The highest BCUT2D eigenvalue weighted by Gasteiger charge is 2.12. The fourth-order valence-electron chi connectivity index (χ4n) is 2.07. The largest absolute Gasteiger partial charge is 0.359 e. The summed E-state index contributed by atoms with van der Waals surface area (Å²) < 4.78 is 0. The Balaban J connectivity index is 1.65. The van der Waals surface area contributed by atoms with E-state index >= 15 is 0 Å². The van der Waals surface area contributed by atoms with Crippen molar-refractivity contribution < 1.29 is 9.59 Å². The van der Waals surface area contributed by atoms with Gasteiger partial charge in [0.1, 0.15) is 10.7 Å². The number of hydrogen-bond donors (Lipinski definition) is 2. The molecule has 0 bridgehead atoms. The second kappa shape index (κ2) is 7.37. The Labute approximate surface area is 147 Å². The van der Waals surface area contributed by atoms with Crippen molar-refractivity contribution in [1.29, 1.82) is 0 Å². The number of benzene rings is 1. The lowest BCUT2D eigenvalue weighted by Crippen LogP contribution is -2.19. The third kappa shape index (κ3) is 3.87. The first-order valence-electron chi connectivity index (χ1n) is 7.24. The molecule has 5 nitrogen and oxygen atoms in total. The molecule has 0 radical (unpaired) electrons. The second-order valence-electron chi connectivity index (χ2n) is 5.05.